The van der Waals surface area contributed by atoms with Gasteiger partial charge in [-0.2, -0.15) is 0 Å². The maximum atomic E-state index is 5.30. The van der Waals surface area contributed by atoms with Crippen LogP contribution in [-0.2, 0) is 4.74 Å². The summed E-state index contributed by atoms with van der Waals surface area (Å²) >= 11 is 0. The molecular formula is C13H21NO. The van der Waals surface area contributed by atoms with Gasteiger partial charge in [0.25, 0.3) is 0 Å². The molecule has 0 aromatic heterocycles. The third-order valence-corrected chi connectivity index (χ3v) is 2.72. The van der Waals surface area contributed by atoms with Gasteiger partial charge in [-0.3, -0.25) is 0 Å². The molecule has 84 valence electrons. The fourth-order valence-corrected chi connectivity index (χ4v) is 1.70. The summed E-state index contributed by atoms with van der Waals surface area (Å²) in [5, 5.41) is 0. The molecule has 0 aliphatic heterocycles. The highest BCUT2D eigenvalue weighted by Gasteiger charge is 2.10. The quantitative estimate of drug-likeness (QED) is 0.736. The lowest BCUT2D eigenvalue weighted by atomic mass is 10.1. The van der Waals surface area contributed by atoms with Crippen LogP contribution in [0.4, 0.5) is 5.69 Å². The molecule has 2 nitrogen and oxygen atoms in total. The molecule has 0 aliphatic carbocycles. The lowest BCUT2D eigenvalue weighted by molar-refractivity contribution is 0.123. The molecule has 1 aromatic rings. The SMILES string of the molecule is CCN(CC(C)OC)c1ccccc1C. The van der Waals surface area contributed by atoms with Gasteiger partial charge in [0.1, 0.15) is 0 Å². The van der Waals surface area contributed by atoms with Gasteiger partial charge in [-0.1, -0.05) is 18.2 Å². The van der Waals surface area contributed by atoms with Gasteiger partial charge < -0.3 is 9.64 Å². The van der Waals surface area contributed by atoms with Crippen molar-refractivity contribution in [2.75, 3.05) is 25.1 Å². The summed E-state index contributed by atoms with van der Waals surface area (Å²) in [7, 11) is 1.76. The molecule has 1 atom stereocenters. The van der Waals surface area contributed by atoms with Crippen LogP contribution < -0.4 is 4.90 Å². The van der Waals surface area contributed by atoms with E-state index in [1.807, 2.05) is 0 Å². The Morgan fingerprint density at radius 3 is 2.53 bits per heavy atom. The highest BCUT2D eigenvalue weighted by molar-refractivity contribution is 5.52. The van der Waals surface area contributed by atoms with E-state index in [1.54, 1.807) is 7.11 Å². The molecule has 0 aliphatic rings. The number of ether oxygens (including phenoxy) is 1. The van der Waals surface area contributed by atoms with Crippen LogP contribution in [0.5, 0.6) is 0 Å². The maximum absolute atomic E-state index is 5.30. The van der Waals surface area contributed by atoms with Crippen molar-refractivity contribution in [3.8, 4) is 0 Å². The zero-order valence-corrected chi connectivity index (χ0v) is 10.2. The highest BCUT2D eigenvalue weighted by Crippen LogP contribution is 2.19. The van der Waals surface area contributed by atoms with E-state index in [0.717, 1.165) is 13.1 Å². The van der Waals surface area contributed by atoms with Crippen LogP contribution in [0.3, 0.4) is 0 Å². The maximum Gasteiger partial charge on any atom is 0.0718 e. The number of nitrogens with zero attached hydrogens (tertiary/aromatic N) is 1. The van der Waals surface area contributed by atoms with Crippen molar-refractivity contribution in [2.24, 2.45) is 0 Å². The molecule has 1 unspecified atom stereocenters. The summed E-state index contributed by atoms with van der Waals surface area (Å²) in [4.78, 5) is 2.35. The summed E-state index contributed by atoms with van der Waals surface area (Å²) in [5.74, 6) is 0. The van der Waals surface area contributed by atoms with Crippen LogP contribution in [-0.4, -0.2) is 26.3 Å². The number of anilines is 1. The third kappa shape index (κ3) is 3.24. The number of methoxy groups -OCH3 is 1. The largest absolute Gasteiger partial charge is 0.380 e. The van der Waals surface area contributed by atoms with Gasteiger partial charge in [-0.05, 0) is 32.4 Å². The zero-order chi connectivity index (χ0) is 11.3. The summed E-state index contributed by atoms with van der Waals surface area (Å²) in [6.45, 7) is 8.38. The minimum absolute atomic E-state index is 0.268. The average molecular weight is 207 g/mol. The smallest absolute Gasteiger partial charge is 0.0718 e. The number of likely N-dealkylation sites (N-methyl/N-ethyl adjacent to an activating group) is 1. The Balaban J connectivity index is 2.78. The minimum Gasteiger partial charge on any atom is -0.380 e. The van der Waals surface area contributed by atoms with Gasteiger partial charge >= 0.3 is 0 Å². The second-order valence-corrected chi connectivity index (χ2v) is 3.87. The van der Waals surface area contributed by atoms with Crippen molar-refractivity contribution in [2.45, 2.75) is 26.9 Å². The molecule has 15 heavy (non-hydrogen) atoms. The number of hydrogen-bond acceptors (Lipinski definition) is 2. The van der Waals surface area contributed by atoms with E-state index in [1.165, 1.54) is 11.3 Å². The number of rotatable bonds is 5. The highest BCUT2D eigenvalue weighted by atomic mass is 16.5. The fraction of sp³-hybridized carbons (Fsp3) is 0.538. The molecule has 0 fully saturated rings. The minimum atomic E-state index is 0.268. The lowest BCUT2D eigenvalue weighted by Crippen LogP contribution is -2.32. The molecular weight excluding hydrogens is 186 g/mol. The normalized spacial score (nSPS) is 12.5. The number of para-hydroxylation sites is 1. The van der Waals surface area contributed by atoms with Crippen molar-refractivity contribution in [3.63, 3.8) is 0 Å². The Kier molecular flexibility index (Phi) is 4.63. The first-order chi connectivity index (χ1) is 7.19. The van der Waals surface area contributed by atoms with E-state index in [0.29, 0.717) is 0 Å². The van der Waals surface area contributed by atoms with Crippen LogP contribution in [0, 0.1) is 6.92 Å². The van der Waals surface area contributed by atoms with E-state index in [2.05, 4.69) is 49.9 Å². The molecule has 0 bridgehead atoms. The van der Waals surface area contributed by atoms with E-state index < -0.39 is 0 Å². The lowest BCUT2D eigenvalue weighted by Gasteiger charge is -2.27. The predicted octanol–water partition coefficient (Wildman–Crippen LogP) is 2.86. The second-order valence-electron chi connectivity index (χ2n) is 3.87. The summed E-state index contributed by atoms with van der Waals surface area (Å²) < 4.78 is 5.30. The zero-order valence-electron chi connectivity index (χ0n) is 10.2. The van der Waals surface area contributed by atoms with Crippen molar-refractivity contribution in [1.29, 1.82) is 0 Å². The first-order valence-corrected chi connectivity index (χ1v) is 5.52. The molecule has 0 saturated carbocycles. The van der Waals surface area contributed by atoms with Crippen LogP contribution >= 0.6 is 0 Å². The number of hydrogen-bond donors (Lipinski definition) is 0. The van der Waals surface area contributed by atoms with Crippen molar-refractivity contribution < 1.29 is 4.74 Å². The molecule has 0 heterocycles. The first kappa shape index (κ1) is 12.1. The molecule has 0 spiro atoms. The van der Waals surface area contributed by atoms with Gasteiger partial charge in [0, 0.05) is 25.9 Å². The first-order valence-electron chi connectivity index (χ1n) is 5.52. The molecule has 1 rings (SSSR count). The van der Waals surface area contributed by atoms with E-state index >= 15 is 0 Å². The van der Waals surface area contributed by atoms with Gasteiger partial charge in [0.2, 0.25) is 0 Å². The fourth-order valence-electron chi connectivity index (χ4n) is 1.70. The van der Waals surface area contributed by atoms with Crippen molar-refractivity contribution in [3.05, 3.63) is 29.8 Å². The Hall–Kier alpha value is -1.02. The predicted molar refractivity (Wildman–Crippen MR) is 65.5 cm³/mol. The molecule has 2 heteroatoms. The Bertz CT molecular complexity index is 298. The summed E-state index contributed by atoms with van der Waals surface area (Å²) in [6, 6.07) is 8.48. The molecule has 1 aromatic carbocycles. The van der Waals surface area contributed by atoms with Gasteiger partial charge in [-0.25, -0.2) is 0 Å². The van der Waals surface area contributed by atoms with Gasteiger partial charge in [0.15, 0.2) is 0 Å². The second kappa shape index (κ2) is 5.76. The van der Waals surface area contributed by atoms with Crippen LogP contribution in [0.15, 0.2) is 24.3 Å². The van der Waals surface area contributed by atoms with Crippen molar-refractivity contribution in [1.82, 2.24) is 0 Å². The van der Waals surface area contributed by atoms with Gasteiger partial charge in [0.05, 0.1) is 6.10 Å². The van der Waals surface area contributed by atoms with Crippen LogP contribution in [0.1, 0.15) is 19.4 Å². The molecule has 0 amide bonds. The summed E-state index contributed by atoms with van der Waals surface area (Å²) in [5.41, 5.74) is 2.63. The topological polar surface area (TPSA) is 12.5 Å². The monoisotopic (exact) mass is 207 g/mol. The Labute approximate surface area is 92.9 Å². The van der Waals surface area contributed by atoms with E-state index in [-0.39, 0.29) is 6.10 Å². The van der Waals surface area contributed by atoms with Crippen molar-refractivity contribution >= 4 is 5.69 Å². The molecule has 0 N–H and O–H groups in total. The third-order valence-electron chi connectivity index (χ3n) is 2.72. The molecule has 0 radical (unpaired) electrons. The number of aryl methyl sites for hydroxylation is 1. The Morgan fingerprint density at radius 2 is 2.00 bits per heavy atom. The van der Waals surface area contributed by atoms with Crippen LogP contribution in [0.2, 0.25) is 0 Å². The van der Waals surface area contributed by atoms with Gasteiger partial charge in [-0.15, -0.1) is 0 Å². The van der Waals surface area contributed by atoms with E-state index in [4.69, 9.17) is 4.74 Å². The standard InChI is InChI=1S/C13H21NO/c1-5-14(10-12(3)15-4)13-9-7-6-8-11(13)2/h6-9,12H,5,10H2,1-4H3. The number of benzene rings is 1. The Morgan fingerprint density at radius 1 is 1.33 bits per heavy atom. The van der Waals surface area contributed by atoms with Crippen LogP contribution in [0.25, 0.3) is 0 Å². The average Bonchev–Trinajstić information content (AvgIpc) is 2.26. The summed E-state index contributed by atoms with van der Waals surface area (Å²) in [6.07, 6.45) is 0.268. The van der Waals surface area contributed by atoms with E-state index in [9.17, 15) is 0 Å². The molecule has 0 saturated heterocycles.